The molecule has 0 radical (unpaired) electrons. The number of fused-ring (bicyclic) bond motifs is 2. The van der Waals surface area contributed by atoms with E-state index in [1.54, 1.807) is 0 Å². The normalized spacial score (nSPS) is 50.0. The van der Waals surface area contributed by atoms with Crippen LogP contribution < -0.4 is 11.3 Å². The fourth-order valence-corrected chi connectivity index (χ4v) is 3.46. The van der Waals surface area contributed by atoms with Gasteiger partial charge in [-0.15, -0.1) is 0 Å². The molecule has 0 saturated heterocycles. The van der Waals surface area contributed by atoms with Crippen LogP contribution in [0.1, 0.15) is 40.0 Å². The van der Waals surface area contributed by atoms with Gasteiger partial charge in [-0.2, -0.15) is 0 Å². The Morgan fingerprint density at radius 2 is 2.00 bits per heavy atom. The summed E-state index contributed by atoms with van der Waals surface area (Å²) in [6.07, 6.45) is 4.03. The van der Waals surface area contributed by atoms with Crippen LogP contribution in [0, 0.1) is 16.7 Å². The highest BCUT2D eigenvalue weighted by Crippen LogP contribution is 2.65. The van der Waals surface area contributed by atoms with Gasteiger partial charge in [-0.3, -0.25) is 11.3 Å². The van der Waals surface area contributed by atoms with Crippen molar-refractivity contribution in [1.29, 1.82) is 0 Å². The number of rotatable bonds is 1. The average Bonchev–Trinajstić information content (AvgIpc) is 2.34. The van der Waals surface area contributed by atoms with Crippen molar-refractivity contribution in [2.75, 3.05) is 0 Å². The maximum atomic E-state index is 5.58. The first-order valence-corrected chi connectivity index (χ1v) is 4.98. The molecule has 0 spiro atoms. The van der Waals surface area contributed by atoms with Crippen LogP contribution in [-0.2, 0) is 0 Å². The fourth-order valence-electron chi connectivity index (χ4n) is 3.46. The van der Waals surface area contributed by atoms with Gasteiger partial charge in [-0.25, -0.2) is 0 Å². The minimum atomic E-state index is 0.437. The second kappa shape index (κ2) is 2.24. The lowest BCUT2D eigenvalue weighted by Crippen LogP contribution is -2.47. The standard InChI is InChI=1S/C10H20N2/c1-9(2)7-4-5-10(9,3)8(6-7)12-11/h7-8,12H,4-6,11H2,1-3H3/t7-,8-,10+/m1/s1. The van der Waals surface area contributed by atoms with E-state index in [0.29, 0.717) is 16.9 Å². The second-order valence-electron chi connectivity index (χ2n) is 5.33. The highest BCUT2D eigenvalue weighted by molar-refractivity contribution is 5.12. The van der Waals surface area contributed by atoms with E-state index in [1.165, 1.54) is 19.3 Å². The Morgan fingerprint density at radius 3 is 2.25 bits per heavy atom. The molecule has 2 heteroatoms. The van der Waals surface area contributed by atoms with Crippen molar-refractivity contribution in [2.45, 2.75) is 46.1 Å². The number of nitrogens with two attached hydrogens (primary N) is 1. The molecule has 2 aliphatic carbocycles. The third-order valence-electron chi connectivity index (χ3n) is 5.00. The van der Waals surface area contributed by atoms with Crippen molar-refractivity contribution < 1.29 is 0 Å². The van der Waals surface area contributed by atoms with Gasteiger partial charge in [0, 0.05) is 6.04 Å². The van der Waals surface area contributed by atoms with Crippen LogP contribution in [0.15, 0.2) is 0 Å². The summed E-state index contributed by atoms with van der Waals surface area (Å²) >= 11 is 0. The molecule has 2 aliphatic rings. The first kappa shape index (κ1) is 8.52. The maximum Gasteiger partial charge on any atom is 0.0272 e. The molecule has 2 fully saturated rings. The summed E-state index contributed by atoms with van der Waals surface area (Å²) in [5.41, 5.74) is 3.92. The van der Waals surface area contributed by atoms with Gasteiger partial charge in [0.25, 0.3) is 0 Å². The summed E-state index contributed by atoms with van der Waals surface area (Å²) in [4.78, 5) is 0. The minimum absolute atomic E-state index is 0.437. The summed E-state index contributed by atoms with van der Waals surface area (Å²) < 4.78 is 0. The van der Waals surface area contributed by atoms with Crippen LogP contribution in [0.2, 0.25) is 0 Å². The third-order valence-corrected chi connectivity index (χ3v) is 5.00. The number of nitrogens with one attached hydrogen (secondary N) is 1. The van der Waals surface area contributed by atoms with Crippen molar-refractivity contribution in [3.63, 3.8) is 0 Å². The molecule has 3 atom stereocenters. The summed E-state index contributed by atoms with van der Waals surface area (Å²) in [6.45, 7) is 7.20. The van der Waals surface area contributed by atoms with E-state index >= 15 is 0 Å². The first-order valence-electron chi connectivity index (χ1n) is 4.98. The number of hydrogen-bond acceptors (Lipinski definition) is 2. The molecule has 0 aromatic heterocycles. The topological polar surface area (TPSA) is 38.0 Å². The summed E-state index contributed by atoms with van der Waals surface area (Å²) in [5, 5.41) is 0. The first-order chi connectivity index (χ1) is 5.52. The highest BCUT2D eigenvalue weighted by Gasteiger charge is 2.60. The zero-order chi connectivity index (χ0) is 8.98. The Labute approximate surface area is 74.9 Å². The largest absolute Gasteiger partial charge is 0.271 e. The van der Waals surface area contributed by atoms with E-state index in [0.717, 1.165) is 5.92 Å². The molecule has 0 aliphatic heterocycles. The lowest BCUT2D eigenvalue weighted by atomic mass is 9.69. The van der Waals surface area contributed by atoms with Gasteiger partial charge < -0.3 is 0 Å². The third kappa shape index (κ3) is 0.728. The Balaban J connectivity index is 2.33. The number of hydrogen-bond donors (Lipinski definition) is 2. The Kier molecular flexibility index (Phi) is 1.59. The van der Waals surface area contributed by atoms with Crippen LogP contribution in [0.3, 0.4) is 0 Å². The van der Waals surface area contributed by atoms with Crippen molar-refractivity contribution in [3.8, 4) is 0 Å². The monoisotopic (exact) mass is 168 g/mol. The van der Waals surface area contributed by atoms with Gasteiger partial charge in [0.2, 0.25) is 0 Å². The molecular formula is C10H20N2. The van der Waals surface area contributed by atoms with Gasteiger partial charge >= 0.3 is 0 Å². The van der Waals surface area contributed by atoms with Crippen LogP contribution in [0.4, 0.5) is 0 Å². The number of hydrazine groups is 1. The summed E-state index contributed by atoms with van der Waals surface area (Å²) in [7, 11) is 0. The summed E-state index contributed by atoms with van der Waals surface area (Å²) in [5.74, 6) is 6.47. The van der Waals surface area contributed by atoms with Crippen LogP contribution in [0.5, 0.6) is 0 Å². The molecule has 0 aromatic rings. The van der Waals surface area contributed by atoms with E-state index in [1.807, 2.05) is 0 Å². The van der Waals surface area contributed by atoms with Crippen LogP contribution in [-0.4, -0.2) is 6.04 Å². The molecule has 3 N–H and O–H groups in total. The molecule has 0 aromatic carbocycles. The molecule has 70 valence electrons. The van der Waals surface area contributed by atoms with Gasteiger partial charge in [0.05, 0.1) is 0 Å². The Morgan fingerprint density at radius 1 is 1.33 bits per heavy atom. The van der Waals surface area contributed by atoms with E-state index in [2.05, 4.69) is 26.2 Å². The molecule has 0 unspecified atom stereocenters. The Bertz CT molecular complexity index is 200. The molecule has 2 nitrogen and oxygen atoms in total. The SMILES string of the molecule is CC1(C)[C@@H]2CC[C@@]1(C)[C@H](NN)C2. The quantitative estimate of drug-likeness (QED) is 0.461. The van der Waals surface area contributed by atoms with Crippen molar-refractivity contribution in [3.05, 3.63) is 0 Å². The lowest BCUT2D eigenvalue weighted by Gasteiger charge is -2.38. The van der Waals surface area contributed by atoms with E-state index in [9.17, 15) is 0 Å². The van der Waals surface area contributed by atoms with Gasteiger partial charge in [0.15, 0.2) is 0 Å². The molecule has 0 heterocycles. The van der Waals surface area contributed by atoms with Gasteiger partial charge in [0.1, 0.15) is 0 Å². The summed E-state index contributed by atoms with van der Waals surface area (Å²) in [6, 6.07) is 0.547. The highest BCUT2D eigenvalue weighted by atomic mass is 15.2. The predicted octanol–water partition coefficient (Wildman–Crippen LogP) is 1.66. The molecule has 2 saturated carbocycles. The molecule has 2 rings (SSSR count). The van der Waals surface area contributed by atoms with Crippen molar-refractivity contribution >= 4 is 0 Å². The minimum Gasteiger partial charge on any atom is -0.271 e. The molecule has 2 bridgehead atoms. The van der Waals surface area contributed by atoms with Gasteiger partial charge in [-0.1, -0.05) is 20.8 Å². The average molecular weight is 168 g/mol. The lowest BCUT2D eigenvalue weighted by molar-refractivity contribution is 0.121. The van der Waals surface area contributed by atoms with Crippen molar-refractivity contribution in [1.82, 2.24) is 5.43 Å². The van der Waals surface area contributed by atoms with E-state index < -0.39 is 0 Å². The zero-order valence-electron chi connectivity index (χ0n) is 8.35. The fraction of sp³-hybridized carbons (Fsp3) is 1.00. The van der Waals surface area contributed by atoms with Crippen molar-refractivity contribution in [2.24, 2.45) is 22.6 Å². The maximum absolute atomic E-state index is 5.58. The molecular weight excluding hydrogens is 148 g/mol. The van der Waals surface area contributed by atoms with E-state index in [-0.39, 0.29) is 0 Å². The molecule has 0 amide bonds. The second-order valence-corrected chi connectivity index (χ2v) is 5.33. The van der Waals surface area contributed by atoms with Gasteiger partial charge in [-0.05, 0) is 36.0 Å². The Hall–Kier alpha value is -0.0800. The van der Waals surface area contributed by atoms with Crippen LogP contribution in [0.25, 0.3) is 0 Å². The van der Waals surface area contributed by atoms with E-state index in [4.69, 9.17) is 5.84 Å². The predicted molar refractivity (Wildman–Crippen MR) is 50.3 cm³/mol. The molecule has 12 heavy (non-hydrogen) atoms. The zero-order valence-corrected chi connectivity index (χ0v) is 8.35. The smallest absolute Gasteiger partial charge is 0.0272 e. The van der Waals surface area contributed by atoms with Crippen LogP contribution >= 0.6 is 0 Å².